The van der Waals surface area contributed by atoms with Crippen LogP contribution in [0.15, 0.2) is 0 Å². The zero-order chi connectivity index (χ0) is 10.7. The number of nitrogens with one attached hydrogen (secondary N) is 1. The van der Waals surface area contributed by atoms with Crippen LogP contribution in [0.4, 0.5) is 0 Å². The van der Waals surface area contributed by atoms with E-state index in [4.69, 9.17) is 0 Å². The van der Waals surface area contributed by atoms with Gasteiger partial charge in [0.1, 0.15) is 0 Å². The topological polar surface area (TPSA) is 12.0 Å². The Balaban J connectivity index is 2.62. The van der Waals surface area contributed by atoms with Gasteiger partial charge in [0.25, 0.3) is 0 Å². The summed E-state index contributed by atoms with van der Waals surface area (Å²) in [5.41, 5.74) is 0. The van der Waals surface area contributed by atoms with Crippen molar-refractivity contribution in [3.63, 3.8) is 0 Å². The highest BCUT2D eigenvalue weighted by Gasteiger charge is 2.34. The quantitative estimate of drug-likeness (QED) is 0.732. The lowest BCUT2D eigenvalue weighted by Gasteiger charge is -2.41. The fourth-order valence-electron chi connectivity index (χ4n) is 2.90. The maximum Gasteiger partial charge on any atom is 0.00976 e. The monoisotopic (exact) mass is 197 g/mol. The summed E-state index contributed by atoms with van der Waals surface area (Å²) in [6, 6.07) is 0.760. The van der Waals surface area contributed by atoms with Crippen LogP contribution in [0, 0.1) is 23.7 Å². The highest BCUT2D eigenvalue weighted by molar-refractivity contribution is 4.88. The summed E-state index contributed by atoms with van der Waals surface area (Å²) in [5, 5.41) is 3.52. The highest BCUT2D eigenvalue weighted by Crippen LogP contribution is 2.38. The Morgan fingerprint density at radius 2 is 1.79 bits per heavy atom. The molecule has 14 heavy (non-hydrogen) atoms. The summed E-state index contributed by atoms with van der Waals surface area (Å²) in [6.45, 7) is 9.56. The van der Waals surface area contributed by atoms with Gasteiger partial charge in [-0.05, 0) is 43.6 Å². The van der Waals surface area contributed by atoms with Crippen LogP contribution >= 0.6 is 0 Å². The lowest BCUT2D eigenvalue weighted by Crippen LogP contribution is -2.44. The van der Waals surface area contributed by atoms with E-state index < -0.39 is 0 Å². The maximum absolute atomic E-state index is 3.52. The number of hydrogen-bond donors (Lipinski definition) is 1. The molecule has 0 aromatic carbocycles. The van der Waals surface area contributed by atoms with Crippen molar-refractivity contribution in [2.45, 2.75) is 53.0 Å². The van der Waals surface area contributed by atoms with Gasteiger partial charge in [0.15, 0.2) is 0 Å². The van der Waals surface area contributed by atoms with Gasteiger partial charge in [-0.1, -0.05) is 34.1 Å². The van der Waals surface area contributed by atoms with Gasteiger partial charge >= 0.3 is 0 Å². The van der Waals surface area contributed by atoms with E-state index in [9.17, 15) is 0 Å². The molecule has 0 aliphatic heterocycles. The normalized spacial score (nSPS) is 40.9. The van der Waals surface area contributed by atoms with Crippen LogP contribution in [0.1, 0.15) is 47.0 Å². The molecule has 1 N–H and O–H groups in total. The Morgan fingerprint density at radius 1 is 1.21 bits per heavy atom. The molecule has 0 spiro atoms. The molecule has 0 amide bonds. The van der Waals surface area contributed by atoms with Crippen molar-refractivity contribution in [1.82, 2.24) is 5.32 Å². The van der Waals surface area contributed by atoms with Crippen molar-refractivity contribution in [1.29, 1.82) is 0 Å². The van der Waals surface area contributed by atoms with Crippen LogP contribution in [-0.4, -0.2) is 13.1 Å². The average Bonchev–Trinajstić information content (AvgIpc) is 2.20. The highest BCUT2D eigenvalue weighted by atomic mass is 14.9. The second-order valence-electron chi connectivity index (χ2n) is 5.37. The Kier molecular flexibility index (Phi) is 4.43. The molecule has 1 aliphatic rings. The van der Waals surface area contributed by atoms with Crippen LogP contribution in [0.5, 0.6) is 0 Å². The molecule has 0 bridgehead atoms. The fourth-order valence-corrected chi connectivity index (χ4v) is 2.90. The Bertz CT molecular complexity index is 167. The van der Waals surface area contributed by atoms with E-state index in [0.717, 1.165) is 29.7 Å². The van der Waals surface area contributed by atoms with Gasteiger partial charge in [-0.2, -0.15) is 0 Å². The van der Waals surface area contributed by atoms with Crippen molar-refractivity contribution in [3.05, 3.63) is 0 Å². The Morgan fingerprint density at radius 3 is 2.29 bits per heavy atom. The number of hydrogen-bond acceptors (Lipinski definition) is 1. The summed E-state index contributed by atoms with van der Waals surface area (Å²) < 4.78 is 0. The smallest absolute Gasteiger partial charge is 0.00976 e. The molecule has 1 heteroatoms. The third-order valence-corrected chi connectivity index (χ3v) is 4.50. The summed E-state index contributed by atoms with van der Waals surface area (Å²) in [5.74, 6) is 3.59. The van der Waals surface area contributed by atoms with Gasteiger partial charge in [0, 0.05) is 6.04 Å². The van der Waals surface area contributed by atoms with E-state index in [1.165, 1.54) is 19.3 Å². The van der Waals surface area contributed by atoms with Crippen molar-refractivity contribution >= 4 is 0 Å². The lowest BCUT2D eigenvalue weighted by atomic mass is 9.68. The molecule has 0 saturated heterocycles. The molecule has 1 saturated carbocycles. The van der Waals surface area contributed by atoms with Crippen molar-refractivity contribution < 1.29 is 0 Å². The molecule has 84 valence electrons. The van der Waals surface area contributed by atoms with Crippen LogP contribution in [0.25, 0.3) is 0 Å². The minimum atomic E-state index is 0.760. The molecule has 5 atom stereocenters. The average molecular weight is 197 g/mol. The first-order chi connectivity index (χ1) is 6.60. The SMILES string of the molecule is CCC(C)C1CC(C)C(C)CC1NC. The summed E-state index contributed by atoms with van der Waals surface area (Å²) in [6.07, 6.45) is 4.11. The van der Waals surface area contributed by atoms with Crippen LogP contribution in [0.2, 0.25) is 0 Å². The van der Waals surface area contributed by atoms with Gasteiger partial charge in [0.2, 0.25) is 0 Å². The van der Waals surface area contributed by atoms with Crippen molar-refractivity contribution in [3.8, 4) is 0 Å². The van der Waals surface area contributed by atoms with E-state index in [1.807, 2.05) is 0 Å². The molecule has 1 rings (SSSR count). The van der Waals surface area contributed by atoms with E-state index >= 15 is 0 Å². The molecule has 1 nitrogen and oxygen atoms in total. The first-order valence-electron chi connectivity index (χ1n) is 6.27. The Hall–Kier alpha value is -0.0400. The van der Waals surface area contributed by atoms with Gasteiger partial charge in [0.05, 0.1) is 0 Å². The molecule has 0 aromatic rings. The molecular weight excluding hydrogens is 170 g/mol. The molecule has 5 unspecified atom stereocenters. The van der Waals surface area contributed by atoms with Crippen LogP contribution < -0.4 is 5.32 Å². The molecule has 1 fully saturated rings. The van der Waals surface area contributed by atoms with E-state index in [0.29, 0.717) is 0 Å². The largest absolute Gasteiger partial charge is 0.317 e. The zero-order valence-corrected chi connectivity index (χ0v) is 10.5. The predicted octanol–water partition coefficient (Wildman–Crippen LogP) is 3.30. The second-order valence-corrected chi connectivity index (χ2v) is 5.37. The fraction of sp³-hybridized carbons (Fsp3) is 1.00. The van der Waals surface area contributed by atoms with E-state index in [-0.39, 0.29) is 0 Å². The molecular formula is C13H27N. The van der Waals surface area contributed by atoms with Crippen molar-refractivity contribution in [2.24, 2.45) is 23.7 Å². The van der Waals surface area contributed by atoms with Gasteiger partial charge in [-0.15, -0.1) is 0 Å². The van der Waals surface area contributed by atoms with E-state index in [2.05, 4.69) is 40.1 Å². The third-order valence-electron chi connectivity index (χ3n) is 4.50. The summed E-state index contributed by atoms with van der Waals surface area (Å²) in [4.78, 5) is 0. The molecule has 0 heterocycles. The maximum atomic E-state index is 3.52. The summed E-state index contributed by atoms with van der Waals surface area (Å²) in [7, 11) is 2.13. The summed E-state index contributed by atoms with van der Waals surface area (Å²) >= 11 is 0. The van der Waals surface area contributed by atoms with Gasteiger partial charge in [-0.25, -0.2) is 0 Å². The van der Waals surface area contributed by atoms with Crippen LogP contribution in [0.3, 0.4) is 0 Å². The standard InChI is InChI=1S/C13H27N/c1-6-9(2)12-7-10(3)11(4)8-13(12)14-5/h9-14H,6-8H2,1-5H3. The minimum Gasteiger partial charge on any atom is -0.317 e. The number of rotatable bonds is 3. The Labute approximate surface area is 89.7 Å². The van der Waals surface area contributed by atoms with Crippen molar-refractivity contribution in [2.75, 3.05) is 7.05 Å². The van der Waals surface area contributed by atoms with Gasteiger partial charge < -0.3 is 5.32 Å². The predicted molar refractivity (Wildman–Crippen MR) is 63.4 cm³/mol. The van der Waals surface area contributed by atoms with Gasteiger partial charge in [-0.3, -0.25) is 0 Å². The van der Waals surface area contributed by atoms with Crippen LogP contribution in [-0.2, 0) is 0 Å². The second kappa shape index (κ2) is 5.16. The first kappa shape index (κ1) is 12.0. The molecule has 0 radical (unpaired) electrons. The third kappa shape index (κ3) is 2.50. The minimum absolute atomic E-state index is 0.760. The lowest BCUT2D eigenvalue weighted by molar-refractivity contribution is 0.119. The molecule has 0 aromatic heterocycles. The molecule has 1 aliphatic carbocycles. The zero-order valence-electron chi connectivity index (χ0n) is 10.5. The van der Waals surface area contributed by atoms with E-state index in [1.54, 1.807) is 0 Å². The first-order valence-corrected chi connectivity index (χ1v) is 6.27.